The minimum absolute atomic E-state index is 0.126. The monoisotopic (exact) mass is 430 g/mol. The number of sulfonamides is 1. The first-order valence-corrected chi connectivity index (χ1v) is 11.2. The van der Waals surface area contributed by atoms with Crippen molar-refractivity contribution in [2.45, 2.75) is 48.8 Å². The molecule has 0 spiro atoms. The average molecular weight is 431 g/mol. The molecule has 0 amide bonds. The lowest BCUT2D eigenvalue weighted by molar-refractivity contribution is 0.305. The number of rotatable bonds is 4. The maximum atomic E-state index is 13.0. The summed E-state index contributed by atoms with van der Waals surface area (Å²) in [6, 6.07) is 2.26. The van der Waals surface area contributed by atoms with Crippen molar-refractivity contribution in [3.8, 4) is 0 Å². The number of halogens is 1. The highest BCUT2D eigenvalue weighted by atomic mass is 79.9. The third kappa shape index (κ3) is 2.95. The quantitative estimate of drug-likeness (QED) is 0.745. The van der Waals surface area contributed by atoms with E-state index in [1.54, 1.807) is 16.7 Å². The summed E-state index contributed by atoms with van der Waals surface area (Å²) in [4.78, 5) is 0. The number of aromatic nitrogens is 3. The Morgan fingerprint density at radius 2 is 2.12 bits per heavy atom. The first-order chi connectivity index (χ1) is 11.5. The van der Waals surface area contributed by atoms with Crippen LogP contribution in [0.4, 0.5) is 0 Å². The maximum Gasteiger partial charge on any atom is 0.252 e. The Kier molecular flexibility index (Phi) is 4.30. The van der Waals surface area contributed by atoms with Crippen molar-refractivity contribution < 1.29 is 8.42 Å². The molecular formula is C15H19BrN4O2S2. The molecule has 24 heavy (non-hydrogen) atoms. The van der Waals surface area contributed by atoms with Crippen LogP contribution in [0.1, 0.15) is 49.0 Å². The van der Waals surface area contributed by atoms with E-state index in [0.29, 0.717) is 23.3 Å². The Labute approximate surface area is 154 Å². The SMILES string of the molecule is Cc1cc(S(=O)(=O)N2CCCC(c3nncn3C3CC3)C2)sc1Br. The van der Waals surface area contributed by atoms with E-state index in [-0.39, 0.29) is 5.92 Å². The second-order valence-corrected chi connectivity index (χ2v) is 11.1. The van der Waals surface area contributed by atoms with E-state index in [9.17, 15) is 8.42 Å². The standard InChI is InChI=1S/C15H19BrN4O2S2/c1-10-7-13(23-14(10)16)24(21,22)19-6-2-3-11(8-19)15-18-17-9-20(15)12-4-5-12/h7,9,11-12H,2-6,8H2,1H3. The largest absolute Gasteiger partial charge is 0.314 e. The molecule has 2 aliphatic rings. The molecule has 0 bridgehead atoms. The summed E-state index contributed by atoms with van der Waals surface area (Å²) in [7, 11) is -3.44. The third-order valence-electron chi connectivity index (χ3n) is 4.72. The van der Waals surface area contributed by atoms with Gasteiger partial charge in [0, 0.05) is 25.0 Å². The van der Waals surface area contributed by atoms with Gasteiger partial charge in [-0.05, 0) is 60.2 Å². The predicted molar refractivity (Wildman–Crippen MR) is 95.8 cm³/mol. The molecule has 1 unspecified atom stereocenters. The average Bonchev–Trinajstić information content (AvgIpc) is 3.19. The second kappa shape index (κ2) is 6.19. The van der Waals surface area contributed by atoms with Crippen molar-refractivity contribution >= 4 is 37.3 Å². The Hall–Kier alpha value is -0.770. The number of piperidine rings is 1. The highest BCUT2D eigenvalue weighted by molar-refractivity contribution is 9.11. The van der Waals surface area contributed by atoms with Crippen molar-refractivity contribution in [1.82, 2.24) is 19.1 Å². The smallest absolute Gasteiger partial charge is 0.252 e. The number of thiophene rings is 1. The van der Waals surface area contributed by atoms with Crippen LogP contribution in [0.3, 0.4) is 0 Å². The fourth-order valence-electron chi connectivity index (χ4n) is 3.24. The molecule has 2 aromatic heterocycles. The van der Waals surface area contributed by atoms with E-state index >= 15 is 0 Å². The molecule has 0 aromatic carbocycles. The van der Waals surface area contributed by atoms with Crippen molar-refractivity contribution in [2.75, 3.05) is 13.1 Å². The van der Waals surface area contributed by atoms with Crippen molar-refractivity contribution in [3.05, 3.63) is 27.6 Å². The van der Waals surface area contributed by atoms with E-state index < -0.39 is 10.0 Å². The van der Waals surface area contributed by atoms with Crippen LogP contribution in [0, 0.1) is 6.92 Å². The normalized spacial score (nSPS) is 22.8. The van der Waals surface area contributed by atoms with Crippen LogP contribution in [0.2, 0.25) is 0 Å². The molecule has 2 fully saturated rings. The summed E-state index contributed by atoms with van der Waals surface area (Å²) in [6.07, 6.45) is 5.95. The predicted octanol–water partition coefficient (Wildman–Crippen LogP) is 3.31. The van der Waals surface area contributed by atoms with E-state index in [4.69, 9.17) is 0 Å². The van der Waals surface area contributed by atoms with Gasteiger partial charge in [-0.15, -0.1) is 21.5 Å². The number of hydrogen-bond donors (Lipinski definition) is 0. The molecule has 130 valence electrons. The van der Waals surface area contributed by atoms with Gasteiger partial charge in [0.25, 0.3) is 10.0 Å². The molecule has 1 aliphatic carbocycles. The molecule has 1 saturated carbocycles. The molecule has 9 heteroatoms. The van der Waals surface area contributed by atoms with Crippen LogP contribution in [0.25, 0.3) is 0 Å². The molecule has 0 N–H and O–H groups in total. The van der Waals surface area contributed by atoms with Crippen LogP contribution >= 0.6 is 27.3 Å². The van der Waals surface area contributed by atoms with E-state index in [0.717, 1.165) is 28.0 Å². The van der Waals surface area contributed by atoms with Gasteiger partial charge in [-0.1, -0.05) is 0 Å². The lowest BCUT2D eigenvalue weighted by Crippen LogP contribution is -2.39. The topological polar surface area (TPSA) is 68.1 Å². The zero-order chi connectivity index (χ0) is 16.9. The van der Waals surface area contributed by atoms with Gasteiger partial charge in [-0.2, -0.15) is 4.31 Å². The van der Waals surface area contributed by atoms with Crippen molar-refractivity contribution in [2.24, 2.45) is 0 Å². The third-order valence-corrected chi connectivity index (χ3v) is 9.17. The lowest BCUT2D eigenvalue weighted by Gasteiger charge is -2.31. The Bertz CT molecular complexity index is 837. The summed E-state index contributed by atoms with van der Waals surface area (Å²) in [5, 5.41) is 8.35. The van der Waals surface area contributed by atoms with Gasteiger partial charge in [0.2, 0.25) is 0 Å². The molecule has 6 nitrogen and oxygen atoms in total. The minimum atomic E-state index is -3.44. The zero-order valence-corrected chi connectivity index (χ0v) is 16.6. The van der Waals surface area contributed by atoms with Crippen LogP contribution in [0.5, 0.6) is 0 Å². The molecule has 1 saturated heterocycles. The Balaban J connectivity index is 1.59. The summed E-state index contributed by atoms with van der Waals surface area (Å²) in [5.74, 6) is 1.07. The van der Waals surface area contributed by atoms with Crippen LogP contribution < -0.4 is 0 Å². The number of hydrogen-bond acceptors (Lipinski definition) is 5. The first kappa shape index (κ1) is 16.7. The van der Waals surface area contributed by atoms with E-state index in [2.05, 4.69) is 30.7 Å². The Morgan fingerprint density at radius 1 is 1.33 bits per heavy atom. The fourth-order valence-corrected chi connectivity index (χ4v) is 7.14. The molecular weight excluding hydrogens is 412 g/mol. The van der Waals surface area contributed by atoms with Gasteiger partial charge >= 0.3 is 0 Å². The van der Waals surface area contributed by atoms with Gasteiger partial charge in [0.15, 0.2) is 0 Å². The van der Waals surface area contributed by atoms with Crippen LogP contribution in [0.15, 0.2) is 20.4 Å². The summed E-state index contributed by atoms with van der Waals surface area (Å²) >= 11 is 4.71. The fraction of sp³-hybridized carbons (Fsp3) is 0.600. The van der Waals surface area contributed by atoms with Crippen molar-refractivity contribution in [1.29, 1.82) is 0 Å². The molecule has 1 aliphatic heterocycles. The van der Waals surface area contributed by atoms with Crippen LogP contribution in [-0.2, 0) is 10.0 Å². The van der Waals surface area contributed by atoms with Gasteiger partial charge in [0.05, 0.1) is 3.79 Å². The first-order valence-electron chi connectivity index (χ1n) is 8.12. The number of nitrogens with zero attached hydrogens (tertiary/aromatic N) is 4. The molecule has 4 rings (SSSR count). The second-order valence-electron chi connectivity index (χ2n) is 6.55. The molecule has 2 aromatic rings. The Morgan fingerprint density at radius 3 is 2.79 bits per heavy atom. The summed E-state index contributed by atoms with van der Waals surface area (Å²) in [5.41, 5.74) is 0.959. The summed E-state index contributed by atoms with van der Waals surface area (Å²) in [6.45, 7) is 2.98. The zero-order valence-electron chi connectivity index (χ0n) is 13.4. The van der Waals surface area contributed by atoms with Crippen molar-refractivity contribution in [3.63, 3.8) is 0 Å². The van der Waals surface area contributed by atoms with Gasteiger partial charge in [-0.3, -0.25) is 0 Å². The molecule has 3 heterocycles. The molecule has 1 atom stereocenters. The highest BCUT2D eigenvalue weighted by Gasteiger charge is 2.36. The lowest BCUT2D eigenvalue weighted by atomic mass is 9.99. The number of aryl methyl sites for hydroxylation is 1. The van der Waals surface area contributed by atoms with Gasteiger partial charge in [-0.25, -0.2) is 8.42 Å². The van der Waals surface area contributed by atoms with Gasteiger partial charge in [0.1, 0.15) is 16.4 Å². The van der Waals surface area contributed by atoms with Crippen LogP contribution in [-0.4, -0.2) is 40.6 Å². The maximum absolute atomic E-state index is 13.0. The summed E-state index contributed by atoms with van der Waals surface area (Å²) < 4.78 is 31.0. The van der Waals surface area contributed by atoms with E-state index in [1.807, 2.05) is 6.92 Å². The minimum Gasteiger partial charge on any atom is -0.314 e. The van der Waals surface area contributed by atoms with E-state index in [1.165, 1.54) is 24.2 Å². The van der Waals surface area contributed by atoms with Gasteiger partial charge < -0.3 is 4.57 Å². The molecule has 0 radical (unpaired) electrons. The highest BCUT2D eigenvalue weighted by Crippen LogP contribution is 2.39.